The van der Waals surface area contributed by atoms with Crippen LogP contribution in [0.4, 0.5) is 0 Å². The minimum absolute atomic E-state index is 0.0328. The summed E-state index contributed by atoms with van der Waals surface area (Å²) in [5.41, 5.74) is 0. The number of hydrogen-bond acceptors (Lipinski definition) is 2. The lowest BCUT2D eigenvalue weighted by Gasteiger charge is -2.00. The maximum atomic E-state index is 11.3. The highest BCUT2D eigenvalue weighted by molar-refractivity contribution is 5.69. The zero-order valence-electron chi connectivity index (χ0n) is 13.9. The normalized spacial score (nSPS) is 18.4. The second kappa shape index (κ2) is 8.79. The Morgan fingerprint density at radius 2 is 2.36 bits per heavy atom. The van der Waals surface area contributed by atoms with Crippen LogP contribution in [0.2, 0.25) is 0 Å². The molecule has 0 spiro atoms. The Kier molecular flexibility index (Phi) is 4.18. The Bertz CT molecular complexity index is 308. The first-order valence-corrected chi connectivity index (χ1v) is 4.95. The molecule has 14 heavy (non-hydrogen) atoms. The third-order valence-corrected chi connectivity index (χ3v) is 1.69. The molecule has 0 aromatic heterocycles. The van der Waals surface area contributed by atoms with Gasteiger partial charge in [0.1, 0.15) is 0 Å². The zero-order chi connectivity index (χ0) is 15.1. The molecule has 0 aliphatic rings. The van der Waals surface area contributed by atoms with Crippen molar-refractivity contribution in [2.45, 2.75) is 46.4 Å². The van der Waals surface area contributed by atoms with Crippen LogP contribution in [-0.2, 0) is 9.53 Å². The smallest absolute Gasteiger partial charge is 0.305 e. The molecule has 82 valence electrons. The molecule has 0 radical (unpaired) electrons. The van der Waals surface area contributed by atoms with E-state index in [1.165, 1.54) is 0 Å². The summed E-state index contributed by atoms with van der Waals surface area (Å²) in [6, 6.07) is 0. The van der Waals surface area contributed by atoms with E-state index in [0.29, 0.717) is 12.3 Å². The number of carbonyl (C=O) groups is 1. The van der Waals surface area contributed by atoms with Gasteiger partial charge in [0.25, 0.3) is 0 Å². The van der Waals surface area contributed by atoms with Crippen LogP contribution in [0, 0.1) is 5.92 Å². The molecule has 0 fully saturated rings. The molecule has 0 heterocycles. The molecule has 2 heteroatoms. The van der Waals surface area contributed by atoms with E-state index in [4.69, 9.17) is 6.85 Å². The SMILES string of the molecule is [2H]C([2H])([2H])C([2H])([2H])OC(=O)CCCC/C=C/C(C)C. The van der Waals surface area contributed by atoms with Gasteiger partial charge in [-0.1, -0.05) is 26.0 Å². The summed E-state index contributed by atoms with van der Waals surface area (Å²) in [5, 5.41) is 0. The molecular weight excluding hydrogens is 176 g/mol. The highest BCUT2D eigenvalue weighted by Gasteiger charge is 1.99. The van der Waals surface area contributed by atoms with Crippen molar-refractivity contribution in [3.63, 3.8) is 0 Å². The number of allylic oxidation sites excluding steroid dienone is 2. The van der Waals surface area contributed by atoms with E-state index in [1.54, 1.807) is 0 Å². The van der Waals surface area contributed by atoms with Crippen molar-refractivity contribution in [2.24, 2.45) is 5.92 Å². The Hall–Kier alpha value is -0.790. The molecular formula is C12H22O2. The lowest BCUT2D eigenvalue weighted by atomic mass is 10.1. The molecule has 0 N–H and O–H groups in total. The predicted molar refractivity (Wildman–Crippen MR) is 59.1 cm³/mol. The largest absolute Gasteiger partial charge is 0.466 e. The van der Waals surface area contributed by atoms with Crippen LogP contribution in [0.1, 0.15) is 53.2 Å². The fourth-order valence-corrected chi connectivity index (χ4v) is 1.01. The summed E-state index contributed by atoms with van der Waals surface area (Å²) in [4.78, 5) is 11.3. The molecule has 0 saturated heterocycles. The minimum atomic E-state index is -2.96. The molecule has 0 unspecified atom stereocenters. The van der Waals surface area contributed by atoms with Gasteiger partial charge in [-0.15, -0.1) is 0 Å². The first-order valence-electron chi connectivity index (χ1n) is 7.45. The van der Waals surface area contributed by atoms with E-state index in [1.807, 2.05) is 6.08 Å². The van der Waals surface area contributed by atoms with E-state index < -0.39 is 19.4 Å². The van der Waals surface area contributed by atoms with E-state index in [-0.39, 0.29) is 6.42 Å². The van der Waals surface area contributed by atoms with Gasteiger partial charge in [0.2, 0.25) is 0 Å². The van der Waals surface area contributed by atoms with Gasteiger partial charge in [-0.25, -0.2) is 0 Å². The highest BCUT2D eigenvalue weighted by Crippen LogP contribution is 2.03. The van der Waals surface area contributed by atoms with Crippen LogP contribution < -0.4 is 0 Å². The third-order valence-electron chi connectivity index (χ3n) is 1.69. The number of unbranched alkanes of at least 4 members (excludes halogenated alkanes) is 2. The number of carbonyl (C=O) groups excluding carboxylic acids is 1. The lowest BCUT2D eigenvalue weighted by molar-refractivity contribution is -0.143. The number of rotatable bonds is 7. The molecule has 0 aliphatic carbocycles. The quantitative estimate of drug-likeness (QED) is 0.360. The van der Waals surface area contributed by atoms with E-state index in [2.05, 4.69) is 24.7 Å². The van der Waals surface area contributed by atoms with Crippen molar-refractivity contribution in [3.05, 3.63) is 12.2 Å². The monoisotopic (exact) mass is 203 g/mol. The van der Waals surface area contributed by atoms with Crippen molar-refractivity contribution in [1.29, 1.82) is 0 Å². The number of hydrogen-bond donors (Lipinski definition) is 0. The van der Waals surface area contributed by atoms with Crippen molar-refractivity contribution in [1.82, 2.24) is 0 Å². The predicted octanol–water partition coefficient (Wildman–Crippen LogP) is 3.32. The molecule has 0 aromatic rings. The molecule has 0 bridgehead atoms. The van der Waals surface area contributed by atoms with Crippen molar-refractivity contribution >= 4 is 5.97 Å². The summed E-state index contributed by atoms with van der Waals surface area (Å²) >= 11 is 0. The molecule has 0 amide bonds. The second-order valence-corrected chi connectivity index (χ2v) is 3.49. The fraction of sp³-hybridized carbons (Fsp3) is 0.750. The lowest BCUT2D eigenvalue weighted by Crippen LogP contribution is -2.02. The Morgan fingerprint density at radius 1 is 1.57 bits per heavy atom. The average Bonchev–Trinajstić information content (AvgIpc) is 2.20. The van der Waals surface area contributed by atoms with Gasteiger partial charge >= 0.3 is 5.97 Å². The van der Waals surface area contributed by atoms with Crippen LogP contribution in [0.25, 0.3) is 0 Å². The Morgan fingerprint density at radius 3 is 3.00 bits per heavy atom. The number of esters is 1. The minimum Gasteiger partial charge on any atom is -0.466 e. The van der Waals surface area contributed by atoms with Gasteiger partial charge in [-0.2, -0.15) is 0 Å². The van der Waals surface area contributed by atoms with Gasteiger partial charge in [-0.05, 0) is 32.0 Å². The summed E-state index contributed by atoms with van der Waals surface area (Å²) < 4.78 is 39.4. The topological polar surface area (TPSA) is 26.3 Å². The second-order valence-electron chi connectivity index (χ2n) is 3.49. The van der Waals surface area contributed by atoms with Gasteiger partial charge in [-0.3, -0.25) is 4.79 Å². The highest BCUT2D eigenvalue weighted by atomic mass is 16.5. The average molecular weight is 203 g/mol. The number of ether oxygens (including phenoxy) is 1. The molecule has 2 nitrogen and oxygen atoms in total. The van der Waals surface area contributed by atoms with Gasteiger partial charge in [0, 0.05) is 10.5 Å². The summed E-state index contributed by atoms with van der Waals surface area (Å²) in [5.74, 6) is -0.314. The molecule has 0 rings (SSSR count). The molecule has 0 atom stereocenters. The van der Waals surface area contributed by atoms with Gasteiger partial charge < -0.3 is 4.74 Å². The third kappa shape index (κ3) is 9.30. The summed E-state index contributed by atoms with van der Waals surface area (Å²) in [6.45, 7) is -1.72. The van der Waals surface area contributed by atoms with Crippen LogP contribution >= 0.6 is 0 Å². The van der Waals surface area contributed by atoms with Crippen LogP contribution in [0.15, 0.2) is 12.2 Å². The summed E-state index contributed by atoms with van der Waals surface area (Å²) in [6.07, 6.45) is 6.33. The summed E-state index contributed by atoms with van der Waals surface area (Å²) in [7, 11) is 0. The van der Waals surface area contributed by atoms with Crippen molar-refractivity contribution in [2.75, 3.05) is 6.56 Å². The van der Waals surface area contributed by atoms with Crippen molar-refractivity contribution < 1.29 is 16.4 Å². The molecule has 0 aromatic carbocycles. The maximum absolute atomic E-state index is 11.3. The van der Waals surface area contributed by atoms with Crippen LogP contribution in [0.3, 0.4) is 0 Å². The van der Waals surface area contributed by atoms with Crippen LogP contribution in [-0.4, -0.2) is 12.5 Å². The Labute approximate surface area is 94.4 Å². The van der Waals surface area contributed by atoms with Crippen LogP contribution in [0.5, 0.6) is 0 Å². The van der Waals surface area contributed by atoms with Crippen molar-refractivity contribution in [3.8, 4) is 0 Å². The first-order chi connectivity index (χ1) is 8.56. The maximum Gasteiger partial charge on any atom is 0.305 e. The Balaban J connectivity index is 3.89. The molecule has 0 saturated carbocycles. The zero-order valence-corrected chi connectivity index (χ0v) is 8.88. The fourth-order valence-electron chi connectivity index (χ4n) is 1.01. The first kappa shape index (κ1) is 6.65. The standard InChI is InChI=1S/C12H22O2/c1-4-14-12(13)10-8-6-5-7-9-11(2)3/h7,9,11H,4-6,8,10H2,1-3H3/b9-7+/i1D3,4D2. The van der Waals surface area contributed by atoms with Gasteiger partial charge in [0.05, 0.1) is 9.30 Å². The van der Waals surface area contributed by atoms with E-state index in [9.17, 15) is 4.79 Å². The van der Waals surface area contributed by atoms with E-state index in [0.717, 1.165) is 12.8 Å². The van der Waals surface area contributed by atoms with Gasteiger partial charge in [0.15, 0.2) is 0 Å². The molecule has 0 aliphatic heterocycles. The van der Waals surface area contributed by atoms with E-state index >= 15 is 0 Å².